The number of hydrogen-bond donors (Lipinski definition) is 2. The minimum Gasteiger partial charge on any atom is -0.479 e. The first-order valence-corrected chi connectivity index (χ1v) is 8.43. The van der Waals surface area contributed by atoms with Crippen molar-refractivity contribution < 1.29 is 9.53 Å². The van der Waals surface area contributed by atoms with Crippen molar-refractivity contribution in [3.05, 3.63) is 41.9 Å². The molecule has 10 heteroatoms. The van der Waals surface area contributed by atoms with E-state index in [-0.39, 0.29) is 5.91 Å². The van der Waals surface area contributed by atoms with Crippen LogP contribution >= 0.6 is 0 Å². The summed E-state index contributed by atoms with van der Waals surface area (Å²) in [6.07, 6.45) is 5.19. The van der Waals surface area contributed by atoms with Gasteiger partial charge in [0.1, 0.15) is 28.8 Å². The van der Waals surface area contributed by atoms with Crippen LogP contribution in [0.25, 0.3) is 5.82 Å². The smallest absolute Gasteiger partial charge is 0.258 e. The number of carbonyl (C=O) groups excluding carboxylic acids is 1. The van der Waals surface area contributed by atoms with Gasteiger partial charge in [0.05, 0.1) is 7.11 Å². The molecule has 0 fully saturated rings. The number of rotatable bonds is 7. The van der Waals surface area contributed by atoms with Crippen LogP contribution in [0.1, 0.15) is 22.0 Å². The number of carbonyl (C=O) groups is 1. The number of hydrogen-bond acceptors (Lipinski definition) is 7. The molecule has 0 aromatic carbocycles. The first-order chi connectivity index (χ1) is 13.0. The highest BCUT2D eigenvalue weighted by Crippen LogP contribution is 2.14. The Labute approximate surface area is 156 Å². The van der Waals surface area contributed by atoms with Gasteiger partial charge in [0, 0.05) is 44.8 Å². The Morgan fingerprint density at radius 2 is 2.07 bits per heavy atom. The summed E-state index contributed by atoms with van der Waals surface area (Å²) in [7, 11) is 3.22. The topological polar surface area (TPSA) is 112 Å². The Kier molecular flexibility index (Phi) is 5.34. The van der Waals surface area contributed by atoms with Crippen LogP contribution in [-0.2, 0) is 7.05 Å². The molecule has 2 N–H and O–H groups in total. The number of nitrogens with one attached hydrogen (secondary N) is 2. The zero-order chi connectivity index (χ0) is 19.4. The molecule has 0 saturated heterocycles. The van der Waals surface area contributed by atoms with E-state index in [1.807, 2.05) is 30.7 Å². The summed E-state index contributed by atoms with van der Waals surface area (Å²) in [6.45, 7) is 4.66. The number of ether oxygens (including phenoxy) is 1. The largest absolute Gasteiger partial charge is 0.479 e. The molecule has 0 aliphatic carbocycles. The molecule has 3 aromatic rings. The molecule has 3 aromatic heterocycles. The highest BCUT2D eigenvalue weighted by atomic mass is 16.5. The molecule has 1 amide bonds. The Morgan fingerprint density at radius 1 is 1.26 bits per heavy atom. The monoisotopic (exact) mass is 370 g/mol. The van der Waals surface area contributed by atoms with Crippen LogP contribution in [0.15, 0.2) is 24.7 Å². The van der Waals surface area contributed by atoms with Crippen LogP contribution in [0.5, 0.6) is 5.88 Å². The second-order valence-electron chi connectivity index (χ2n) is 5.91. The lowest BCUT2D eigenvalue weighted by molar-refractivity contribution is 0.0952. The molecule has 0 radical (unpaired) electrons. The summed E-state index contributed by atoms with van der Waals surface area (Å²) in [5, 5.41) is 10.1. The second-order valence-corrected chi connectivity index (χ2v) is 5.91. The van der Waals surface area contributed by atoms with Crippen molar-refractivity contribution >= 4 is 11.7 Å². The predicted octanol–water partition coefficient (Wildman–Crippen LogP) is 0.863. The maximum atomic E-state index is 12.2. The Morgan fingerprint density at radius 3 is 2.78 bits per heavy atom. The van der Waals surface area contributed by atoms with E-state index in [4.69, 9.17) is 4.74 Å². The van der Waals surface area contributed by atoms with Gasteiger partial charge >= 0.3 is 0 Å². The van der Waals surface area contributed by atoms with E-state index in [2.05, 4.69) is 30.7 Å². The molecule has 142 valence electrons. The average Bonchev–Trinajstić information content (AvgIpc) is 3.23. The third-order valence-electron chi connectivity index (χ3n) is 3.85. The summed E-state index contributed by atoms with van der Waals surface area (Å²) in [4.78, 5) is 25.3. The van der Waals surface area contributed by atoms with Gasteiger partial charge in [-0.05, 0) is 13.8 Å². The van der Waals surface area contributed by atoms with Crippen LogP contribution in [0, 0.1) is 13.8 Å². The van der Waals surface area contributed by atoms with Gasteiger partial charge in [-0.2, -0.15) is 0 Å². The first kappa shape index (κ1) is 18.4. The summed E-state index contributed by atoms with van der Waals surface area (Å²) >= 11 is 0. The van der Waals surface area contributed by atoms with Crippen molar-refractivity contribution in [1.29, 1.82) is 0 Å². The lowest BCUT2D eigenvalue weighted by Gasteiger charge is -2.10. The summed E-state index contributed by atoms with van der Waals surface area (Å²) in [5.74, 6) is 2.97. The van der Waals surface area contributed by atoms with Gasteiger partial charge in [-0.3, -0.25) is 14.0 Å². The van der Waals surface area contributed by atoms with Crippen LogP contribution in [-0.4, -0.2) is 55.4 Å². The standard InChI is InChI=1S/C17H22N8O2/c1-11-21-14(9-15(22-11)25-8-7-18-12(25)2)19-5-6-20-16(26)13-10-24(3)23-17(13)27-4/h7-10H,5-6H2,1-4H3,(H,20,26)(H,19,21,22). The van der Waals surface area contributed by atoms with Crippen molar-refractivity contribution in [2.24, 2.45) is 7.05 Å². The molecule has 0 bridgehead atoms. The third-order valence-corrected chi connectivity index (χ3v) is 3.85. The number of anilines is 1. The molecule has 0 aliphatic heterocycles. The number of imidazole rings is 1. The fourth-order valence-corrected chi connectivity index (χ4v) is 2.62. The van der Waals surface area contributed by atoms with E-state index in [1.54, 1.807) is 19.4 Å². The number of amides is 1. The van der Waals surface area contributed by atoms with E-state index >= 15 is 0 Å². The van der Waals surface area contributed by atoms with Crippen LogP contribution in [0.2, 0.25) is 0 Å². The summed E-state index contributed by atoms with van der Waals surface area (Å²) < 4.78 is 8.52. The average molecular weight is 370 g/mol. The SMILES string of the molecule is COc1nn(C)cc1C(=O)NCCNc1cc(-n2ccnc2C)nc(C)n1. The lowest BCUT2D eigenvalue weighted by Crippen LogP contribution is -2.29. The van der Waals surface area contributed by atoms with E-state index in [0.717, 1.165) is 11.6 Å². The Bertz CT molecular complexity index is 946. The molecule has 3 rings (SSSR count). The van der Waals surface area contributed by atoms with E-state index in [1.165, 1.54) is 11.8 Å². The maximum Gasteiger partial charge on any atom is 0.258 e. The fourth-order valence-electron chi connectivity index (χ4n) is 2.62. The molecular weight excluding hydrogens is 348 g/mol. The first-order valence-electron chi connectivity index (χ1n) is 8.43. The normalized spacial score (nSPS) is 10.7. The van der Waals surface area contributed by atoms with Crippen molar-refractivity contribution in [3.8, 4) is 11.7 Å². The highest BCUT2D eigenvalue weighted by Gasteiger charge is 2.15. The Balaban J connectivity index is 1.58. The summed E-state index contributed by atoms with van der Waals surface area (Å²) in [6, 6.07) is 1.84. The van der Waals surface area contributed by atoms with Crippen LogP contribution in [0.3, 0.4) is 0 Å². The molecule has 0 atom stereocenters. The molecule has 0 saturated carbocycles. The van der Waals surface area contributed by atoms with Crippen molar-refractivity contribution in [2.75, 3.05) is 25.5 Å². The minimum absolute atomic E-state index is 0.240. The number of aromatic nitrogens is 6. The molecule has 0 unspecified atom stereocenters. The van der Waals surface area contributed by atoms with Crippen molar-refractivity contribution in [1.82, 2.24) is 34.6 Å². The minimum atomic E-state index is -0.240. The number of aryl methyl sites for hydroxylation is 3. The summed E-state index contributed by atoms with van der Waals surface area (Å²) in [5.41, 5.74) is 0.399. The van der Waals surface area contributed by atoms with Crippen LogP contribution in [0.4, 0.5) is 5.82 Å². The molecule has 0 spiro atoms. The maximum absolute atomic E-state index is 12.2. The predicted molar refractivity (Wildman–Crippen MR) is 99.2 cm³/mol. The number of nitrogens with zero attached hydrogens (tertiary/aromatic N) is 6. The van der Waals surface area contributed by atoms with Gasteiger partial charge < -0.3 is 15.4 Å². The van der Waals surface area contributed by atoms with Crippen molar-refractivity contribution in [2.45, 2.75) is 13.8 Å². The molecule has 10 nitrogen and oxygen atoms in total. The second kappa shape index (κ2) is 7.85. The quantitative estimate of drug-likeness (QED) is 0.593. The van der Waals surface area contributed by atoms with E-state index in [9.17, 15) is 4.79 Å². The molecular formula is C17H22N8O2. The third kappa shape index (κ3) is 4.22. The van der Waals surface area contributed by atoms with Crippen LogP contribution < -0.4 is 15.4 Å². The fraction of sp³-hybridized carbons (Fsp3) is 0.353. The highest BCUT2D eigenvalue weighted by molar-refractivity contribution is 5.96. The van der Waals surface area contributed by atoms with Gasteiger partial charge in [0.2, 0.25) is 5.88 Å². The van der Waals surface area contributed by atoms with E-state index < -0.39 is 0 Å². The molecule has 0 aliphatic rings. The zero-order valence-corrected chi connectivity index (χ0v) is 15.7. The lowest BCUT2D eigenvalue weighted by atomic mass is 10.3. The van der Waals surface area contributed by atoms with Gasteiger partial charge in [-0.25, -0.2) is 15.0 Å². The van der Waals surface area contributed by atoms with E-state index in [0.29, 0.717) is 36.2 Å². The molecule has 27 heavy (non-hydrogen) atoms. The van der Waals surface area contributed by atoms with Crippen molar-refractivity contribution in [3.63, 3.8) is 0 Å². The zero-order valence-electron chi connectivity index (χ0n) is 15.7. The van der Waals surface area contributed by atoms with Gasteiger partial charge in [-0.1, -0.05) is 0 Å². The van der Waals surface area contributed by atoms with Gasteiger partial charge in [0.25, 0.3) is 5.91 Å². The Hall–Kier alpha value is -3.43. The van der Waals surface area contributed by atoms with Gasteiger partial charge in [0.15, 0.2) is 0 Å². The van der Waals surface area contributed by atoms with Gasteiger partial charge in [-0.15, -0.1) is 5.10 Å². The number of methoxy groups -OCH3 is 1. The molecule has 3 heterocycles.